The minimum atomic E-state index is -0.725. The van der Waals surface area contributed by atoms with Gasteiger partial charge in [-0.1, -0.05) is 31.2 Å². The van der Waals surface area contributed by atoms with Crippen LogP contribution in [-0.2, 0) is 23.0 Å². The van der Waals surface area contributed by atoms with Gasteiger partial charge < -0.3 is 0 Å². The second kappa shape index (κ2) is 4.41. The van der Waals surface area contributed by atoms with Crippen LogP contribution in [0.1, 0.15) is 18.1 Å². The molecule has 2 heteroatoms. The average Bonchev–Trinajstić information content (AvgIpc) is 2.05. The fraction of sp³-hybridized carbons (Fsp3) is 0.400. The highest BCUT2D eigenvalue weighted by Crippen LogP contribution is 2.06. The van der Waals surface area contributed by atoms with E-state index in [1.165, 1.54) is 5.56 Å². The van der Waals surface area contributed by atoms with Gasteiger partial charge in [0.05, 0.1) is 0 Å². The summed E-state index contributed by atoms with van der Waals surface area (Å²) in [5.74, 6) is 0.671. The molecule has 12 heavy (non-hydrogen) atoms. The van der Waals surface area contributed by atoms with Crippen molar-refractivity contribution in [3.63, 3.8) is 0 Å². The zero-order chi connectivity index (χ0) is 8.97. The molecule has 0 aromatic heterocycles. The third kappa shape index (κ3) is 2.78. The maximum atomic E-state index is 10.9. The fourth-order valence-corrected chi connectivity index (χ4v) is 1.77. The Bertz CT molecular complexity index is 264. The van der Waals surface area contributed by atoms with E-state index in [-0.39, 0.29) is 0 Å². The van der Waals surface area contributed by atoms with Crippen LogP contribution in [0, 0.1) is 0 Å². The predicted molar refractivity (Wildman–Crippen MR) is 53.6 cm³/mol. The molecule has 0 heterocycles. The van der Waals surface area contributed by atoms with Crippen LogP contribution in [-0.4, -0.2) is 10.5 Å². The number of hydrogen-bond donors (Lipinski definition) is 0. The summed E-state index contributed by atoms with van der Waals surface area (Å²) in [6.07, 6.45) is 2.79. The van der Waals surface area contributed by atoms with Gasteiger partial charge in [-0.05, 0) is 17.5 Å². The SMILES string of the molecule is CCc1ccc(CS(C)=O)cc1. The zero-order valence-electron chi connectivity index (χ0n) is 7.54. The van der Waals surface area contributed by atoms with Crippen molar-refractivity contribution in [1.29, 1.82) is 0 Å². The van der Waals surface area contributed by atoms with E-state index in [1.54, 1.807) is 6.26 Å². The standard InChI is InChI=1S/C10H14OS/c1-3-9-4-6-10(7-5-9)8-12(2)11/h4-7H,3,8H2,1-2H3. The van der Waals surface area contributed by atoms with Crippen molar-refractivity contribution in [2.24, 2.45) is 0 Å². The first kappa shape index (κ1) is 9.46. The van der Waals surface area contributed by atoms with Crippen molar-refractivity contribution in [3.8, 4) is 0 Å². The minimum absolute atomic E-state index is 0.671. The molecule has 1 aromatic carbocycles. The van der Waals surface area contributed by atoms with Crippen LogP contribution < -0.4 is 0 Å². The van der Waals surface area contributed by atoms with E-state index in [1.807, 2.05) is 0 Å². The average molecular weight is 182 g/mol. The summed E-state index contributed by atoms with van der Waals surface area (Å²) >= 11 is 0. The van der Waals surface area contributed by atoms with Gasteiger partial charge in [0.2, 0.25) is 0 Å². The Balaban J connectivity index is 2.71. The molecule has 0 bridgehead atoms. The molecule has 1 rings (SSSR count). The van der Waals surface area contributed by atoms with Crippen LogP contribution in [0.25, 0.3) is 0 Å². The lowest BCUT2D eigenvalue weighted by Gasteiger charge is -1.99. The molecular weight excluding hydrogens is 168 g/mol. The van der Waals surface area contributed by atoms with E-state index in [9.17, 15) is 4.21 Å². The highest BCUT2D eigenvalue weighted by atomic mass is 32.2. The highest BCUT2D eigenvalue weighted by molar-refractivity contribution is 7.83. The van der Waals surface area contributed by atoms with Gasteiger partial charge in [-0.25, -0.2) is 0 Å². The second-order valence-corrected chi connectivity index (χ2v) is 4.32. The normalized spacial score (nSPS) is 12.8. The van der Waals surface area contributed by atoms with Gasteiger partial charge in [0.1, 0.15) is 0 Å². The number of hydrogen-bond acceptors (Lipinski definition) is 1. The molecule has 1 aromatic rings. The lowest BCUT2D eigenvalue weighted by atomic mass is 10.1. The first-order valence-corrected chi connectivity index (χ1v) is 5.83. The van der Waals surface area contributed by atoms with Gasteiger partial charge in [0.15, 0.2) is 0 Å². The predicted octanol–water partition coefficient (Wildman–Crippen LogP) is 2.13. The Morgan fingerprint density at radius 3 is 2.08 bits per heavy atom. The van der Waals surface area contributed by atoms with E-state index < -0.39 is 10.8 Å². The van der Waals surface area contributed by atoms with Crippen molar-refractivity contribution >= 4 is 10.8 Å². The molecule has 0 fully saturated rings. The van der Waals surface area contributed by atoms with E-state index in [2.05, 4.69) is 31.2 Å². The van der Waals surface area contributed by atoms with E-state index in [0.29, 0.717) is 5.75 Å². The number of aryl methyl sites for hydroxylation is 1. The summed E-state index contributed by atoms with van der Waals surface area (Å²) in [5.41, 5.74) is 2.49. The lowest BCUT2D eigenvalue weighted by Crippen LogP contribution is -1.92. The van der Waals surface area contributed by atoms with Crippen LogP contribution in [0.4, 0.5) is 0 Å². The van der Waals surface area contributed by atoms with E-state index >= 15 is 0 Å². The molecule has 1 atom stereocenters. The molecule has 0 spiro atoms. The second-order valence-electron chi connectivity index (χ2n) is 2.89. The molecule has 0 aliphatic rings. The van der Waals surface area contributed by atoms with Crippen molar-refractivity contribution in [1.82, 2.24) is 0 Å². The Labute approximate surface area is 76.3 Å². The van der Waals surface area contributed by atoms with Crippen molar-refractivity contribution in [3.05, 3.63) is 35.4 Å². The van der Waals surface area contributed by atoms with Crippen molar-refractivity contribution in [2.75, 3.05) is 6.26 Å². The van der Waals surface area contributed by atoms with Crippen LogP contribution >= 0.6 is 0 Å². The van der Waals surface area contributed by atoms with Gasteiger partial charge in [-0.3, -0.25) is 4.21 Å². The molecule has 1 unspecified atom stereocenters. The first-order valence-electron chi connectivity index (χ1n) is 4.10. The molecule has 0 radical (unpaired) electrons. The van der Waals surface area contributed by atoms with E-state index in [4.69, 9.17) is 0 Å². The monoisotopic (exact) mass is 182 g/mol. The first-order chi connectivity index (χ1) is 5.72. The highest BCUT2D eigenvalue weighted by Gasteiger charge is 1.95. The van der Waals surface area contributed by atoms with Gasteiger partial charge in [0.25, 0.3) is 0 Å². The smallest absolute Gasteiger partial charge is 0.0482 e. The van der Waals surface area contributed by atoms with Crippen LogP contribution in [0.3, 0.4) is 0 Å². The lowest BCUT2D eigenvalue weighted by molar-refractivity contribution is 0.686. The van der Waals surface area contributed by atoms with Gasteiger partial charge in [-0.2, -0.15) is 0 Å². The summed E-state index contributed by atoms with van der Waals surface area (Å²) in [5, 5.41) is 0. The summed E-state index contributed by atoms with van der Waals surface area (Å²) < 4.78 is 10.9. The van der Waals surface area contributed by atoms with Gasteiger partial charge in [-0.15, -0.1) is 0 Å². The minimum Gasteiger partial charge on any atom is -0.260 e. The van der Waals surface area contributed by atoms with Crippen LogP contribution in [0.15, 0.2) is 24.3 Å². The maximum Gasteiger partial charge on any atom is 0.0482 e. The van der Waals surface area contributed by atoms with Crippen molar-refractivity contribution < 1.29 is 4.21 Å². The summed E-state index contributed by atoms with van der Waals surface area (Å²) in [7, 11) is -0.725. The summed E-state index contributed by atoms with van der Waals surface area (Å²) in [6, 6.07) is 8.31. The Hall–Kier alpha value is -0.630. The largest absolute Gasteiger partial charge is 0.260 e. The van der Waals surface area contributed by atoms with E-state index in [0.717, 1.165) is 12.0 Å². The molecule has 0 aliphatic heterocycles. The van der Waals surface area contributed by atoms with Gasteiger partial charge >= 0.3 is 0 Å². The topological polar surface area (TPSA) is 17.1 Å². The summed E-state index contributed by atoms with van der Waals surface area (Å²) in [6.45, 7) is 2.13. The maximum absolute atomic E-state index is 10.9. The summed E-state index contributed by atoms with van der Waals surface area (Å²) in [4.78, 5) is 0. The molecule has 0 N–H and O–H groups in total. The fourth-order valence-electron chi connectivity index (χ4n) is 1.11. The Morgan fingerprint density at radius 1 is 1.17 bits per heavy atom. The zero-order valence-corrected chi connectivity index (χ0v) is 8.36. The molecule has 66 valence electrons. The van der Waals surface area contributed by atoms with Crippen molar-refractivity contribution in [2.45, 2.75) is 19.1 Å². The number of benzene rings is 1. The molecule has 0 amide bonds. The molecule has 0 saturated heterocycles. The van der Waals surface area contributed by atoms with Gasteiger partial charge in [0, 0.05) is 22.8 Å². The molecular formula is C10H14OS. The molecule has 1 nitrogen and oxygen atoms in total. The third-order valence-corrected chi connectivity index (χ3v) is 2.54. The van der Waals surface area contributed by atoms with Crippen LogP contribution in [0.2, 0.25) is 0 Å². The molecule has 0 saturated carbocycles. The molecule has 0 aliphatic carbocycles. The Kier molecular flexibility index (Phi) is 3.48. The quantitative estimate of drug-likeness (QED) is 0.700. The number of rotatable bonds is 3. The van der Waals surface area contributed by atoms with Crippen LogP contribution in [0.5, 0.6) is 0 Å². The third-order valence-electron chi connectivity index (χ3n) is 1.80. The Morgan fingerprint density at radius 2 is 1.67 bits per heavy atom.